The van der Waals surface area contributed by atoms with Crippen LogP contribution in [0.4, 0.5) is 5.82 Å². The lowest BCUT2D eigenvalue weighted by Gasteiger charge is -2.20. The zero-order valence-electron chi connectivity index (χ0n) is 12.7. The molecule has 0 aromatic carbocycles. The van der Waals surface area contributed by atoms with E-state index in [0.29, 0.717) is 24.8 Å². The monoisotopic (exact) mass is 327 g/mol. The molecule has 1 saturated carbocycles. The highest BCUT2D eigenvalue weighted by Crippen LogP contribution is 2.28. The van der Waals surface area contributed by atoms with Crippen LogP contribution in [0.5, 0.6) is 0 Å². The lowest BCUT2D eigenvalue weighted by atomic mass is 10.2. The van der Waals surface area contributed by atoms with E-state index in [-0.39, 0.29) is 4.90 Å². The normalized spacial score (nSPS) is 16.3. The number of pyridine rings is 1. The molecule has 22 heavy (non-hydrogen) atoms. The molecule has 1 heterocycles. The number of rotatable bonds is 8. The Labute approximate surface area is 130 Å². The number of aromatic nitrogens is 1. The first-order valence-electron chi connectivity index (χ1n) is 7.19. The number of sulfonamides is 1. The molecule has 7 nitrogen and oxygen atoms in total. The van der Waals surface area contributed by atoms with Gasteiger partial charge in [-0.05, 0) is 30.9 Å². The van der Waals surface area contributed by atoms with Crippen LogP contribution in [0.3, 0.4) is 0 Å². The van der Waals surface area contributed by atoms with Gasteiger partial charge in [-0.25, -0.2) is 18.1 Å². The maximum absolute atomic E-state index is 12.1. The highest BCUT2D eigenvalue weighted by atomic mass is 32.2. The third kappa shape index (κ3) is 4.41. The van der Waals surface area contributed by atoms with Crippen LogP contribution in [0.15, 0.2) is 23.2 Å². The number of carboxylic acid groups (broad SMARTS) is 1. The van der Waals surface area contributed by atoms with E-state index in [2.05, 4.69) is 9.71 Å². The Kier molecular flexibility index (Phi) is 5.02. The van der Waals surface area contributed by atoms with Gasteiger partial charge < -0.3 is 10.0 Å². The van der Waals surface area contributed by atoms with E-state index < -0.39 is 21.9 Å². The first-order valence-corrected chi connectivity index (χ1v) is 8.67. The van der Waals surface area contributed by atoms with E-state index in [1.807, 2.05) is 0 Å². The quantitative estimate of drug-likeness (QED) is 0.737. The largest absolute Gasteiger partial charge is 0.481 e. The molecule has 2 rings (SSSR count). The highest BCUT2D eigenvalue weighted by molar-refractivity contribution is 7.89. The number of nitrogens with zero attached hydrogens (tertiary/aromatic N) is 2. The van der Waals surface area contributed by atoms with Gasteiger partial charge in [-0.1, -0.05) is 6.92 Å². The summed E-state index contributed by atoms with van der Waals surface area (Å²) in [6.45, 7) is 2.38. The number of hydrogen-bond donors (Lipinski definition) is 2. The second-order valence-electron chi connectivity index (χ2n) is 5.77. The molecule has 1 aromatic rings. The van der Waals surface area contributed by atoms with Gasteiger partial charge in [0, 0.05) is 26.3 Å². The first kappa shape index (κ1) is 16.7. The molecule has 0 radical (unpaired) electrons. The summed E-state index contributed by atoms with van der Waals surface area (Å²) in [5.41, 5.74) is 0. The molecule has 0 bridgehead atoms. The molecular weight excluding hydrogens is 306 g/mol. The maximum atomic E-state index is 12.1. The Bertz CT molecular complexity index is 626. The molecule has 0 amide bonds. The second-order valence-corrected chi connectivity index (χ2v) is 7.53. The number of anilines is 1. The van der Waals surface area contributed by atoms with Crippen molar-refractivity contribution in [1.29, 1.82) is 0 Å². The Morgan fingerprint density at radius 3 is 2.68 bits per heavy atom. The van der Waals surface area contributed by atoms with Crippen LogP contribution < -0.4 is 9.62 Å². The minimum absolute atomic E-state index is 0.122. The fraction of sp³-hybridized carbons (Fsp3) is 0.571. The predicted octanol–water partition coefficient (Wildman–Crippen LogP) is 0.927. The van der Waals surface area contributed by atoms with E-state index >= 15 is 0 Å². The molecule has 1 aliphatic rings. The fourth-order valence-electron chi connectivity index (χ4n) is 1.97. The average molecular weight is 327 g/mol. The van der Waals surface area contributed by atoms with E-state index in [1.54, 1.807) is 24.9 Å². The molecule has 1 aromatic heterocycles. The molecule has 2 N–H and O–H groups in total. The molecule has 0 spiro atoms. The van der Waals surface area contributed by atoms with Gasteiger partial charge in [-0.3, -0.25) is 4.79 Å². The van der Waals surface area contributed by atoms with Crippen LogP contribution >= 0.6 is 0 Å². The SMILES string of the molecule is CC(CN(C)c1ccc(S(=O)(=O)NCC2CC2)cn1)C(=O)O. The van der Waals surface area contributed by atoms with Crippen LogP contribution in [0, 0.1) is 11.8 Å². The summed E-state index contributed by atoms with van der Waals surface area (Å²) in [7, 11) is -1.80. The predicted molar refractivity (Wildman–Crippen MR) is 82.2 cm³/mol. The Morgan fingerprint density at radius 1 is 1.50 bits per heavy atom. The summed E-state index contributed by atoms with van der Waals surface area (Å²) in [6, 6.07) is 3.07. The lowest BCUT2D eigenvalue weighted by Crippen LogP contribution is -2.29. The summed E-state index contributed by atoms with van der Waals surface area (Å²) in [4.78, 5) is 16.8. The Morgan fingerprint density at radius 2 is 2.18 bits per heavy atom. The number of hydrogen-bond acceptors (Lipinski definition) is 5. The summed E-state index contributed by atoms with van der Waals surface area (Å²) in [5, 5.41) is 8.90. The van der Waals surface area contributed by atoms with Crippen LogP contribution in [0.1, 0.15) is 19.8 Å². The van der Waals surface area contributed by atoms with Gasteiger partial charge in [0.1, 0.15) is 10.7 Å². The standard InChI is InChI=1S/C14H21N3O4S/c1-10(14(18)19)9-17(2)13-6-5-12(8-15-13)22(20,21)16-7-11-3-4-11/h5-6,8,10-11,16H,3-4,7,9H2,1-2H3,(H,18,19). The van der Waals surface area contributed by atoms with Crippen LogP contribution in [-0.2, 0) is 14.8 Å². The van der Waals surface area contributed by atoms with Crippen LogP contribution in [0.25, 0.3) is 0 Å². The van der Waals surface area contributed by atoms with Gasteiger partial charge in [0.05, 0.1) is 5.92 Å². The van der Waals surface area contributed by atoms with Crippen molar-refractivity contribution in [3.8, 4) is 0 Å². The van der Waals surface area contributed by atoms with Crippen molar-refractivity contribution >= 4 is 21.8 Å². The van der Waals surface area contributed by atoms with E-state index in [1.165, 1.54) is 12.3 Å². The minimum Gasteiger partial charge on any atom is -0.481 e. The van der Waals surface area contributed by atoms with Crippen molar-refractivity contribution in [2.24, 2.45) is 11.8 Å². The van der Waals surface area contributed by atoms with Crippen LogP contribution in [-0.4, -0.2) is 44.6 Å². The topological polar surface area (TPSA) is 99.6 Å². The molecule has 0 aliphatic heterocycles. The lowest BCUT2D eigenvalue weighted by molar-refractivity contribution is -0.140. The Hall–Kier alpha value is -1.67. The first-order chi connectivity index (χ1) is 10.3. The van der Waals surface area contributed by atoms with Gasteiger partial charge in [-0.2, -0.15) is 0 Å². The second kappa shape index (κ2) is 6.62. The summed E-state index contributed by atoms with van der Waals surface area (Å²) < 4.78 is 26.7. The Balaban J connectivity index is 2.00. The molecule has 1 atom stereocenters. The van der Waals surface area contributed by atoms with Crippen molar-refractivity contribution in [3.63, 3.8) is 0 Å². The molecule has 1 unspecified atom stereocenters. The van der Waals surface area contributed by atoms with Gasteiger partial charge in [0.25, 0.3) is 0 Å². The van der Waals surface area contributed by atoms with Crippen molar-refractivity contribution < 1.29 is 18.3 Å². The van der Waals surface area contributed by atoms with Gasteiger partial charge in [0.15, 0.2) is 0 Å². The zero-order valence-corrected chi connectivity index (χ0v) is 13.5. The third-order valence-electron chi connectivity index (χ3n) is 3.65. The van der Waals surface area contributed by atoms with Crippen LogP contribution in [0.2, 0.25) is 0 Å². The minimum atomic E-state index is -3.52. The number of carboxylic acids is 1. The smallest absolute Gasteiger partial charge is 0.308 e. The van der Waals surface area contributed by atoms with Gasteiger partial charge in [-0.15, -0.1) is 0 Å². The summed E-state index contributed by atoms with van der Waals surface area (Å²) in [6.07, 6.45) is 3.45. The average Bonchev–Trinajstić information content (AvgIpc) is 3.29. The van der Waals surface area contributed by atoms with Crippen molar-refractivity contribution in [2.75, 3.05) is 25.0 Å². The number of carbonyl (C=O) groups is 1. The molecule has 8 heteroatoms. The molecule has 0 saturated heterocycles. The molecule has 1 aliphatic carbocycles. The highest BCUT2D eigenvalue weighted by Gasteiger charge is 2.24. The van der Waals surface area contributed by atoms with Crippen molar-refractivity contribution in [1.82, 2.24) is 9.71 Å². The summed E-state index contributed by atoms with van der Waals surface area (Å²) in [5.74, 6) is -0.411. The number of nitrogens with one attached hydrogen (secondary N) is 1. The molecular formula is C14H21N3O4S. The summed E-state index contributed by atoms with van der Waals surface area (Å²) >= 11 is 0. The molecule has 122 valence electrons. The van der Waals surface area contributed by atoms with Gasteiger partial charge >= 0.3 is 5.97 Å². The van der Waals surface area contributed by atoms with E-state index in [4.69, 9.17) is 5.11 Å². The third-order valence-corrected chi connectivity index (χ3v) is 5.06. The fourth-order valence-corrected chi connectivity index (χ4v) is 3.03. The van der Waals surface area contributed by atoms with Crippen molar-refractivity contribution in [3.05, 3.63) is 18.3 Å². The number of aliphatic carboxylic acids is 1. The zero-order chi connectivity index (χ0) is 16.3. The van der Waals surface area contributed by atoms with E-state index in [9.17, 15) is 13.2 Å². The maximum Gasteiger partial charge on any atom is 0.308 e. The van der Waals surface area contributed by atoms with Crippen molar-refractivity contribution in [2.45, 2.75) is 24.7 Å². The van der Waals surface area contributed by atoms with E-state index in [0.717, 1.165) is 12.8 Å². The molecule has 1 fully saturated rings. The van der Waals surface area contributed by atoms with Gasteiger partial charge in [0.2, 0.25) is 10.0 Å².